The first-order chi connectivity index (χ1) is 7.92. The van der Waals surface area contributed by atoms with Gasteiger partial charge in [0, 0.05) is 32.6 Å². The van der Waals surface area contributed by atoms with Crippen molar-refractivity contribution in [1.82, 2.24) is 10.3 Å². The van der Waals surface area contributed by atoms with Gasteiger partial charge in [0.2, 0.25) is 0 Å². The van der Waals surface area contributed by atoms with E-state index in [0.717, 1.165) is 17.9 Å². The van der Waals surface area contributed by atoms with Crippen LogP contribution in [0.15, 0.2) is 18.3 Å². The molecule has 5 nitrogen and oxygen atoms in total. The number of anilines is 1. The standard InChI is InChI=1S/C11H19N3O2S/c1-12-8-10-4-5-11(13-9-10)14(2)6-7-17(3,15)16/h4-5,9,12H,6-8H2,1-3H3. The summed E-state index contributed by atoms with van der Waals surface area (Å²) in [6, 6.07) is 3.88. The topological polar surface area (TPSA) is 62.3 Å². The zero-order valence-corrected chi connectivity index (χ0v) is 11.3. The molecule has 0 fully saturated rings. The lowest BCUT2D eigenvalue weighted by molar-refractivity contribution is 0.601. The van der Waals surface area contributed by atoms with Gasteiger partial charge in [-0.25, -0.2) is 13.4 Å². The van der Waals surface area contributed by atoms with E-state index >= 15 is 0 Å². The van der Waals surface area contributed by atoms with Crippen LogP contribution in [0.4, 0.5) is 5.82 Å². The van der Waals surface area contributed by atoms with Crippen molar-refractivity contribution in [3.8, 4) is 0 Å². The predicted molar refractivity (Wildman–Crippen MR) is 70.0 cm³/mol. The predicted octanol–water partition coefficient (Wildman–Crippen LogP) is 0.282. The molecule has 0 saturated carbocycles. The lowest BCUT2D eigenvalue weighted by Crippen LogP contribution is -2.25. The van der Waals surface area contributed by atoms with Crippen molar-refractivity contribution >= 4 is 15.7 Å². The van der Waals surface area contributed by atoms with Gasteiger partial charge >= 0.3 is 0 Å². The summed E-state index contributed by atoms with van der Waals surface area (Å²) in [4.78, 5) is 6.13. The molecular formula is C11H19N3O2S. The van der Waals surface area contributed by atoms with E-state index in [4.69, 9.17) is 0 Å². The summed E-state index contributed by atoms with van der Waals surface area (Å²) < 4.78 is 22.1. The van der Waals surface area contributed by atoms with E-state index in [1.165, 1.54) is 6.26 Å². The average Bonchev–Trinajstić information content (AvgIpc) is 2.26. The smallest absolute Gasteiger partial charge is 0.149 e. The number of hydrogen-bond donors (Lipinski definition) is 1. The molecule has 0 radical (unpaired) electrons. The highest BCUT2D eigenvalue weighted by molar-refractivity contribution is 7.90. The Bertz CT molecular complexity index is 442. The van der Waals surface area contributed by atoms with Crippen LogP contribution >= 0.6 is 0 Å². The molecule has 96 valence electrons. The summed E-state index contributed by atoms with van der Waals surface area (Å²) in [5, 5.41) is 3.04. The van der Waals surface area contributed by atoms with Crippen molar-refractivity contribution < 1.29 is 8.42 Å². The fourth-order valence-electron chi connectivity index (χ4n) is 1.37. The van der Waals surface area contributed by atoms with Crippen molar-refractivity contribution in [2.24, 2.45) is 0 Å². The number of hydrogen-bond acceptors (Lipinski definition) is 5. The summed E-state index contributed by atoms with van der Waals surface area (Å²) >= 11 is 0. The Labute approximate surface area is 103 Å². The van der Waals surface area contributed by atoms with E-state index in [1.807, 2.05) is 31.1 Å². The molecule has 0 aromatic carbocycles. The van der Waals surface area contributed by atoms with Gasteiger partial charge in [0.1, 0.15) is 15.7 Å². The summed E-state index contributed by atoms with van der Waals surface area (Å²) in [5.74, 6) is 0.928. The molecule has 1 N–H and O–H groups in total. The first-order valence-corrected chi connectivity index (χ1v) is 7.47. The molecule has 0 aliphatic heterocycles. The summed E-state index contributed by atoms with van der Waals surface area (Å²) in [5.41, 5.74) is 1.10. The molecule has 6 heteroatoms. The number of pyridine rings is 1. The molecule has 1 heterocycles. The highest BCUT2D eigenvalue weighted by Gasteiger charge is 2.07. The van der Waals surface area contributed by atoms with Crippen LogP contribution < -0.4 is 10.2 Å². The monoisotopic (exact) mass is 257 g/mol. The summed E-state index contributed by atoms with van der Waals surface area (Å²) in [7, 11) is 0.796. The zero-order chi connectivity index (χ0) is 12.9. The van der Waals surface area contributed by atoms with Crippen molar-refractivity contribution in [2.45, 2.75) is 6.54 Å². The minimum Gasteiger partial charge on any atom is -0.359 e. The van der Waals surface area contributed by atoms with E-state index in [2.05, 4.69) is 10.3 Å². The van der Waals surface area contributed by atoms with E-state index in [0.29, 0.717) is 6.54 Å². The highest BCUT2D eigenvalue weighted by atomic mass is 32.2. The van der Waals surface area contributed by atoms with Crippen molar-refractivity contribution in [3.63, 3.8) is 0 Å². The summed E-state index contributed by atoms with van der Waals surface area (Å²) in [6.45, 7) is 1.23. The van der Waals surface area contributed by atoms with Gasteiger partial charge in [-0.2, -0.15) is 0 Å². The van der Waals surface area contributed by atoms with E-state index < -0.39 is 9.84 Å². The van der Waals surface area contributed by atoms with Crippen molar-refractivity contribution in [3.05, 3.63) is 23.9 Å². The van der Waals surface area contributed by atoms with Gasteiger partial charge in [-0.05, 0) is 18.7 Å². The quantitative estimate of drug-likeness (QED) is 0.793. The summed E-state index contributed by atoms with van der Waals surface area (Å²) in [6.07, 6.45) is 3.03. The Morgan fingerprint density at radius 3 is 2.59 bits per heavy atom. The zero-order valence-electron chi connectivity index (χ0n) is 10.5. The number of sulfone groups is 1. The second-order valence-corrected chi connectivity index (χ2v) is 6.37. The number of nitrogens with one attached hydrogen (secondary N) is 1. The van der Waals surface area contributed by atoms with Crippen LogP contribution in [0.1, 0.15) is 5.56 Å². The number of nitrogens with zero attached hydrogens (tertiary/aromatic N) is 2. The lowest BCUT2D eigenvalue weighted by atomic mass is 10.3. The van der Waals surface area contributed by atoms with Crippen LogP contribution in [-0.2, 0) is 16.4 Å². The van der Waals surface area contributed by atoms with Crippen LogP contribution in [-0.4, -0.2) is 46.1 Å². The third-order valence-corrected chi connectivity index (χ3v) is 3.30. The van der Waals surface area contributed by atoms with Gasteiger partial charge in [0.25, 0.3) is 0 Å². The van der Waals surface area contributed by atoms with Crippen LogP contribution in [0.3, 0.4) is 0 Å². The Hall–Kier alpha value is -1.14. The fourth-order valence-corrected chi connectivity index (χ4v) is 1.97. The number of aromatic nitrogens is 1. The first kappa shape index (κ1) is 13.9. The second-order valence-electron chi connectivity index (χ2n) is 4.11. The van der Waals surface area contributed by atoms with Crippen molar-refractivity contribution in [2.75, 3.05) is 37.5 Å². The largest absolute Gasteiger partial charge is 0.359 e. The van der Waals surface area contributed by atoms with Gasteiger partial charge in [-0.3, -0.25) is 0 Å². The van der Waals surface area contributed by atoms with E-state index in [-0.39, 0.29) is 5.75 Å². The van der Waals surface area contributed by atoms with E-state index in [1.54, 1.807) is 6.20 Å². The Morgan fingerprint density at radius 2 is 2.12 bits per heavy atom. The molecule has 0 saturated heterocycles. The van der Waals surface area contributed by atoms with Crippen molar-refractivity contribution in [1.29, 1.82) is 0 Å². The lowest BCUT2D eigenvalue weighted by Gasteiger charge is -2.17. The maximum atomic E-state index is 11.1. The normalized spacial score (nSPS) is 11.5. The third-order valence-electron chi connectivity index (χ3n) is 2.38. The number of rotatable bonds is 6. The van der Waals surface area contributed by atoms with Gasteiger partial charge in [0.05, 0.1) is 5.75 Å². The maximum absolute atomic E-state index is 11.1. The molecule has 1 aromatic heterocycles. The second kappa shape index (κ2) is 5.97. The average molecular weight is 257 g/mol. The Balaban J connectivity index is 2.60. The van der Waals surface area contributed by atoms with Gasteiger partial charge < -0.3 is 10.2 Å². The van der Waals surface area contributed by atoms with Crippen LogP contribution in [0.25, 0.3) is 0 Å². The molecular weight excluding hydrogens is 238 g/mol. The van der Waals surface area contributed by atoms with Crippen LogP contribution in [0.5, 0.6) is 0 Å². The van der Waals surface area contributed by atoms with Gasteiger partial charge in [0.15, 0.2) is 0 Å². The third kappa shape index (κ3) is 5.14. The molecule has 1 aromatic rings. The van der Waals surface area contributed by atoms with Gasteiger partial charge in [-0.15, -0.1) is 0 Å². The fraction of sp³-hybridized carbons (Fsp3) is 0.545. The minimum absolute atomic E-state index is 0.142. The van der Waals surface area contributed by atoms with Gasteiger partial charge in [-0.1, -0.05) is 6.07 Å². The Morgan fingerprint density at radius 1 is 1.41 bits per heavy atom. The molecule has 0 bridgehead atoms. The van der Waals surface area contributed by atoms with Crippen LogP contribution in [0.2, 0.25) is 0 Å². The maximum Gasteiger partial charge on any atom is 0.149 e. The molecule has 1 rings (SSSR count). The minimum atomic E-state index is -2.92. The first-order valence-electron chi connectivity index (χ1n) is 5.41. The molecule has 0 unspecified atom stereocenters. The molecule has 0 aliphatic rings. The molecule has 0 aliphatic carbocycles. The highest BCUT2D eigenvalue weighted by Crippen LogP contribution is 2.09. The van der Waals surface area contributed by atoms with Crippen LogP contribution in [0, 0.1) is 0 Å². The SMILES string of the molecule is CNCc1ccc(N(C)CCS(C)(=O)=O)nc1. The Kier molecular flexibility index (Phi) is 4.89. The molecule has 17 heavy (non-hydrogen) atoms. The molecule has 0 spiro atoms. The molecule has 0 amide bonds. The molecule has 0 atom stereocenters. The van der Waals surface area contributed by atoms with E-state index in [9.17, 15) is 8.42 Å².